The molecule has 0 fully saturated rings. The molecule has 20 heavy (non-hydrogen) atoms. The topological polar surface area (TPSA) is 72.0 Å². The van der Waals surface area contributed by atoms with Gasteiger partial charge in [-0.1, -0.05) is 37.4 Å². The van der Waals surface area contributed by atoms with Crippen LogP contribution in [0.15, 0.2) is 54.7 Å². The van der Waals surface area contributed by atoms with E-state index in [1.165, 1.54) is 24.5 Å². The van der Waals surface area contributed by atoms with Gasteiger partial charge < -0.3 is 0 Å². The molecule has 0 bridgehead atoms. The molecule has 0 spiro atoms. The summed E-state index contributed by atoms with van der Waals surface area (Å²) in [6, 6.07) is 6.33. The van der Waals surface area contributed by atoms with Gasteiger partial charge in [-0.3, -0.25) is 0 Å². The first-order chi connectivity index (χ1) is 9.55. The van der Waals surface area contributed by atoms with Crippen LogP contribution in [0.1, 0.15) is 11.1 Å². The summed E-state index contributed by atoms with van der Waals surface area (Å²) in [7, 11) is -3.69. The summed E-state index contributed by atoms with van der Waals surface area (Å²) < 4.78 is 26.6. The summed E-state index contributed by atoms with van der Waals surface area (Å²) in [6.07, 6.45) is 6.19. The number of hydrogen-bond donors (Lipinski definition) is 1. The predicted molar refractivity (Wildman–Crippen MR) is 79.5 cm³/mol. The SMILES string of the molecule is C=Cc1ccc(S(=O)(=O)Nc2ncc(C=C)cn2)cc1. The van der Waals surface area contributed by atoms with E-state index < -0.39 is 10.0 Å². The van der Waals surface area contributed by atoms with Gasteiger partial charge in [-0.25, -0.2) is 23.1 Å². The lowest BCUT2D eigenvalue weighted by Crippen LogP contribution is -2.14. The van der Waals surface area contributed by atoms with Crippen molar-refractivity contribution >= 4 is 28.1 Å². The number of nitrogens with zero attached hydrogens (tertiary/aromatic N) is 2. The van der Waals surface area contributed by atoms with Gasteiger partial charge in [0.05, 0.1) is 4.90 Å². The Morgan fingerprint density at radius 1 is 0.950 bits per heavy atom. The fraction of sp³-hybridized carbons (Fsp3) is 0. The van der Waals surface area contributed by atoms with E-state index in [1.54, 1.807) is 24.3 Å². The van der Waals surface area contributed by atoms with Gasteiger partial charge in [0.2, 0.25) is 5.95 Å². The van der Waals surface area contributed by atoms with Crippen LogP contribution in [0.2, 0.25) is 0 Å². The Balaban J connectivity index is 2.24. The van der Waals surface area contributed by atoms with E-state index >= 15 is 0 Å². The quantitative estimate of drug-likeness (QED) is 0.917. The zero-order valence-corrected chi connectivity index (χ0v) is 11.5. The third kappa shape index (κ3) is 3.10. The first kappa shape index (κ1) is 14.0. The molecule has 0 radical (unpaired) electrons. The summed E-state index contributed by atoms with van der Waals surface area (Å²) >= 11 is 0. The second-order valence-electron chi connectivity index (χ2n) is 3.92. The Kier molecular flexibility index (Phi) is 3.95. The minimum absolute atomic E-state index is 0.0170. The monoisotopic (exact) mass is 287 g/mol. The summed E-state index contributed by atoms with van der Waals surface area (Å²) in [4.78, 5) is 7.95. The van der Waals surface area contributed by atoms with Crippen LogP contribution in [0.5, 0.6) is 0 Å². The molecule has 0 amide bonds. The van der Waals surface area contributed by atoms with Gasteiger partial charge in [0, 0.05) is 18.0 Å². The molecule has 0 unspecified atom stereocenters. The summed E-state index contributed by atoms with van der Waals surface area (Å²) in [5, 5.41) is 0. The third-order valence-corrected chi connectivity index (χ3v) is 3.90. The number of hydrogen-bond acceptors (Lipinski definition) is 4. The molecule has 0 atom stereocenters. The van der Waals surface area contributed by atoms with E-state index in [-0.39, 0.29) is 10.8 Å². The molecule has 1 N–H and O–H groups in total. The minimum atomic E-state index is -3.69. The molecule has 1 heterocycles. The lowest BCUT2D eigenvalue weighted by atomic mass is 10.2. The summed E-state index contributed by atoms with van der Waals surface area (Å²) in [5.41, 5.74) is 1.55. The lowest BCUT2D eigenvalue weighted by molar-refractivity contribution is 0.601. The molecule has 6 heteroatoms. The van der Waals surface area contributed by atoms with Crippen LogP contribution in [0, 0.1) is 0 Å². The van der Waals surface area contributed by atoms with Gasteiger partial charge >= 0.3 is 0 Å². The molecule has 102 valence electrons. The van der Waals surface area contributed by atoms with Crippen molar-refractivity contribution in [3.05, 3.63) is 60.9 Å². The van der Waals surface area contributed by atoms with Crippen molar-refractivity contribution < 1.29 is 8.42 Å². The Labute approximate surface area is 117 Å². The molecule has 0 aliphatic heterocycles. The molecule has 1 aromatic heterocycles. The van der Waals surface area contributed by atoms with Gasteiger partial charge in [0.25, 0.3) is 10.0 Å². The van der Waals surface area contributed by atoms with E-state index in [0.29, 0.717) is 5.56 Å². The summed E-state index contributed by atoms with van der Waals surface area (Å²) in [5.74, 6) is 0.0170. The van der Waals surface area contributed by atoms with Crippen molar-refractivity contribution in [3.63, 3.8) is 0 Å². The normalized spacial score (nSPS) is 10.8. The van der Waals surface area contributed by atoms with Gasteiger partial charge in [0.15, 0.2) is 0 Å². The molecule has 2 aromatic rings. The first-order valence-corrected chi connectivity index (χ1v) is 7.23. The van der Waals surface area contributed by atoms with Gasteiger partial charge in [0.1, 0.15) is 0 Å². The van der Waals surface area contributed by atoms with E-state index in [2.05, 4.69) is 27.8 Å². The number of benzene rings is 1. The molecule has 5 nitrogen and oxygen atoms in total. The Morgan fingerprint density at radius 3 is 2.00 bits per heavy atom. The van der Waals surface area contributed by atoms with Crippen LogP contribution >= 0.6 is 0 Å². The third-order valence-electron chi connectivity index (χ3n) is 2.56. The second kappa shape index (κ2) is 5.66. The highest BCUT2D eigenvalue weighted by Gasteiger charge is 2.15. The fourth-order valence-electron chi connectivity index (χ4n) is 1.46. The van der Waals surface area contributed by atoms with E-state index in [4.69, 9.17) is 0 Å². The lowest BCUT2D eigenvalue weighted by Gasteiger charge is -2.06. The van der Waals surface area contributed by atoms with Crippen LogP contribution in [0.4, 0.5) is 5.95 Å². The molecule has 0 saturated carbocycles. The molecule has 0 aliphatic rings. The second-order valence-corrected chi connectivity index (χ2v) is 5.61. The van der Waals surface area contributed by atoms with Crippen molar-refractivity contribution in [1.29, 1.82) is 0 Å². The van der Waals surface area contributed by atoms with E-state index in [9.17, 15) is 8.42 Å². The fourth-order valence-corrected chi connectivity index (χ4v) is 2.42. The molecular weight excluding hydrogens is 274 g/mol. The largest absolute Gasteiger partial charge is 0.264 e. The van der Waals surface area contributed by atoms with Gasteiger partial charge in [-0.05, 0) is 17.7 Å². The highest BCUT2D eigenvalue weighted by atomic mass is 32.2. The molecule has 0 saturated heterocycles. The van der Waals surface area contributed by atoms with Gasteiger partial charge in [-0.2, -0.15) is 0 Å². The number of rotatable bonds is 5. The smallest absolute Gasteiger partial charge is 0.247 e. The zero-order valence-electron chi connectivity index (χ0n) is 10.7. The van der Waals surface area contributed by atoms with E-state index in [0.717, 1.165) is 5.56 Å². The van der Waals surface area contributed by atoms with Crippen LogP contribution in [0.25, 0.3) is 12.2 Å². The number of nitrogens with one attached hydrogen (secondary N) is 1. The average molecular weight is 287 g/mol. The van der Waals surface area contributed by atoms with Crippen molar-refractivity contribution in [1.82, 2.24) is 9.97 Å². The van der Waals surface area contributed by atoms with E-state index in [1.807, 2.05) is 0 Å². The van der Waals surface area contributed by atoms with Gasteiger partial charge in [-0.15, -0.1) is 0 Å². The predicted octanol–water partition coefficient (Wildman–Crippen LogP) is 2.56. The maximum atomic E-state index is 12.1. The van der Waals surface area contributed by atoms with Crippen molar-refractivity contribution in [3.8, 4) is 0 Å². The number of aromatic nitrogens is 2. The Morgan fingerprint density at radius 2 is 1.50 bits per heavy atom. The van der Waals surface area contributed by atoms with Crippen LogP contribution in [0.3, 0.4) is 0 Å². The average Bonchev–Trinajstić information content (AvgIpc) is 2.48. The molecule has 0 aliphatic carbocycles. The van der Waals surface area contributed by atoms with Crippen LogP contribution in [-0.2, 0) is 10.0 Å². The maximum absolute atomic E-state index is 12.1. The highest BCUT2D eigenvalue weighted by molar-refractivity contribution is 7.92. The van der Waals surface area contributed by atoms with Crippen LogP contribution < -0.4 is 4.72 Å². The van der Waals surface area contributed by atoms with Crippen LogP contribution in [-0.4, -0.2) is 18.4 Å². The zero-order chi connectivity index (χ0) is 14.6. The minimum Gasteiger partial charge on any atom is -0.247 e. The Hall–Kier alpha value is -2.47. The standard InChI is InChI=1S/C14H13N3O2S/c1-3-11-5-7-13(8-6-11)20(18,19)17-14-15-9-12(4-2)10-16-14/h3-10H,1-2H2,(H,15,16,17). The summed E-state index contributed by atoms with van der Waals surface area (Å²) in [6.45, 7) is 7.19. The molecular formula is C14H13N3O2S. The molecule has 1 aromatic carbocycles. The van der Waals surface area contributed by atoms with Crippen molar-refractivity contribution in [2.75, 3.05) is 4.72 Å². The van der Waals surface area contributed by atoms with Crippen molar-refractivity contribution in [2.24, 2.45) is 0 Å². The maximum Gasteiger partial charge on any atom is 0.264 e. The first-order valence-electron chi connectivity index (χ1n) is 5.75. The molecule has 2 rings (SSSR count). The number of sulfonamides is 1. The highest BCUT2D eigenvalue weighted by Crippen LogP contribution is 2.14. The van der Waals surface area contributed by atoms with Crippen molar-refractivity contribution in [2.45, 2.75) is 4.90 Å². The number of anilines is 1. The Bertz CT molecular complexity index is 720.